The minimum Gasteiger partial charge on any atom is -0.508 e. The molecule has 0 fully saturated rings. The second-order valence-corrected chi connectivity index (χ2v) is 2.62. The van der Waals surface area contributed by atoms with Crippen LogP contribution >= 0.6 is 0 Å². The third-order valence-electron chi connectivity index (χ3n) is 1.79. The molecule has 0 atom stereocenters. The van der Waals surface area contributed by atoms with Crippen molar-refractivity contribution in [2.24, 2.45) is 0 Å². The quantitative estimate of drug-likeness (QED) is 0.525. The summed E-state index contributed by atoms with van der Waals surface area (Å²) < 4.78 is 0. The summed E-state index contributed by atoms with van der Waals surface area (Å²) in [5.41, 5.74) is 1.11. The molecule has 0 bridgehead atoms. The molecule has 0 spiro atoms. The molecule has 4 heteroatoms. The first-order chi connectivity index (χ1) is 5.65. The van der Waals surface area contributed by atoms with Crippen LogP contribution in [0, 0.1) is 0 Å². The van der Waals surface area contributed by atoms with Crippen molar-refractivity contribution in [1.29, 1.82) is 0 Å². The first-order valence-corrected chi connectivity index (χ1v) is 3.83. The average molecular weight is 166 g/mol. The molecule has 3 nitrogen and oxygen atoms in total. The predicted molar refractivity (Wildman–Crippen MR) is 47.3 cm³/mol. The van der Waals surface area contributed by atoms with Crippen LogP contribution in [0.25, 0.3) is 0 Å². The van der Waals surface area contributed by atoms with Crippen LogP contribution < -0.4 is 5.46 Å². The number of hydrogen-bond acceptors (Lipinski definition) is 3. The minimum absolute atomic E-state index is 0.114. The molecule has 0 aliphatic heterocycles. The standard InChI is InChI=1S/C8H11BO3/c1-2-6-3-4-7(9(11)12)5-8(6)10/h3-5,10-12H,2H2,1H3. The van der Waals surface area contributed by atoms with E-state index in [0.29, 0.717) is 5.46 Å². The molecule has 0 radical (unpaired) electrons. The van der Waals surface area contributed by atoms with Gasteiger partial charge in [0.25, 0.3) is 0 Å². The minimum atomic E-state index is -1.51. The predicted octanol–water partition coefficient (Wildman–Crippen LogP) is -0.366. The van der Waals surface area contributed by atoms with Crippen LogP contribution in [0.3, 0.4) is 0 Å². The molecule has 1 aromatic carbocycles. The van der Waals surface area contributed by atoms with Gasteiger partial charge in [-0.1, -0.05) is 19.1 Å². The van der Waals surface area contributed by atoms with Gasteiger partial charge in [-0.15, -0.1) is 0 Å². The second-order valence-electron chi connectivity index (χ2n) is 2.62. The van der Waals surface area contributed by atoms with E-state index in [1.54, 1.807) is 12.1 Å². The lowest BCUT2D eigenvalue weighted by Gasteiger charge is -2.03. The first kappa shape index (κ1) is 9.10. The van der Waals surface area contributed by atoms with Crippen LogP contribution in [0.5, 0.6) is 5.75 Å². The monoisotopic (exact) mass is 166 g/mol. The van der Waals surface area contributed by atoms with Gasteiger partial charge in [0.1, 0.15) is 5.75 Å². The molecule has 0 heterocycles. The van der Waals surface area contributed by atoms with Crippen LogP contribution in [0.15, 0.2) is 18.2 Å². The molecule has 1 aromatic rings. The molecule has 3 N–H and O–H groups in total. The van der Waals surface area contributed by atoms with Gasteiger partial charge in [0.05, 0.1) is 0 Å². The van der Waals surface area contributed by atoms with Crippen LogP contribution in [-0.4, -0.2) is 22.3 Å². The number of aryl methyl sites for hydroxylation is 1. The number of phenolic OH excluding ortho intramolecular Hbond substituents is 1. The third kappa shape index (κ3) is 1.78. The maximum atomic E-state index is 9.32. The zero-order chi connectivity index (χ0) is 9.14. The van der Waals surface area contributed by atoms with E-state index in [1.165, 1.54) is 6.07 Å². The average Bonchev–Trinajstić information content (AvgIpc) is 2.04. The molecular weight excluding hydrogens is 155 g/mol. The highest BCUT2D eigenvalue weighted by Crippen LogP contribution is 2.14. The van der Waals surface area contributed by atoms with E-state index in [9.17, 15) is 5.11 Å². The Hall–Kier alpha value is -0.995. The van der Waals surface area contributed by atoms with Crippen molar-refractivity contribution in [2.75, 3.05) is 0 Å². The number of aromatic hydroxyl groups is 1. The lowest BCUT2D eigenvalue weighted by Crippen LogP contribution is -2.29. The van der Waals surface area contributed by atoms with Gasteiger partial charge in [-0.3, -0.25) is 0 Å². The summed E-state index contributed by atoms with van der Waals surface area (Å²) >= 11 is 0. The molecule has 0 saturated carbocycles. The Morgan fingerprint density at radius 1 is 1.33 bits per heavy atom. The Kier molecular flexibility index (Phi) is 2.73. The van der Waals surface area contributed by atoms with Gasteiger partial charge in [0.2, 0.25) is 0 Å². The Labute approximate surface area is 71.4 Å². The summed E-state index contributed by atoms with van der Waals surface area (Å²) in [6, 6.07) is 4.64. The first-order valence-electron chi connectivity index (χ1n) is 3.83. The highest BCUT2D eigenvalue weighted by Gasteiger charge is 2.11. The molecular formula is C8H11BO3. The summed E-state index contributed by atoms with van der Waals surface area (Å²) in [7, 11) is -1.51. The number of benzene rings is 1. The van der Waals surface area contributed by atoms with Gasteiger partial charge >= 0.3 is 7.12 Å². The zero-order valence-corrected chi connectivity index (χ0v) is 6.86. The highest BCUT2D eigenvalue weighted by molar-refractivity contribution is 6.58. The molecule has 1 rings (SSSR count). The molecule has 0 aromatic heterocycles. The summed E-state index contributed by atoms with van der Waals surface area (Å²) in [4.78, 5) is 0. The van der Waals surface area contributed by atoms with E-state index in [1.807, 2.05) is 6.92 Å². The van der Waals surface area contributed by atoms with Crippen molar-refractivity contribution in [2.45, 2.75) is 13.3 Å². The van der Waals surface area contributed by atoms with Crippen molar-refractivity contribution in [3.05, 3.63) is 23.8 Å². The summed E-state index contributed by atoms with van der Waals surface area (Å²) in [5.74, 6) is 0.114. The van der Waals surface area contributed by atoms with E-state index in [-0.39, 0.29) is 5.75 Å². The van der Waals surface area contributed by atoms with Crippen LogP contribution in [-0.2, 0) is 6.42 Å². The van der Waals surface area contributed by atoms with Crippen molar-refractivity contribution in [1.82, 2.24) is 0 Å². The maximum Gasteiger partial charge on any atom is 0.488 e. The van der Waals surface area contributed by atoms with Crippen LogP contribution in [0.2, 0.25) is 0 Å². The summed E-state index contributed by atoms with van der Waals surface area (Å²) in [6.45, 7) is 1.92. The van der Waals surface area contributed by atoms with Gasteiger partial charge in [-0.25, -0.2) is 0 Å². The maximum absolute atomic E-state index is 9.32. The SMILES string of the molecule is CCc1ccc(B(O)O)cc1O. The third-order valence-corrected chi connectivity index (χ3v) is 1.79. The summed E-state index contributed by atoms with van der Waals surface area (Å²) in [6.07, 6.45) is 0.730. The zero-order valence-electron chi connectivity index (χ0n) is 6.86. The lowest BCUT2D eigenvalue weighted by molar-refractivity contribution is 0.424. The molecule has 64 valence electrons. The second kappa shape index (κ2) is 3.60. The molecule has 12 heavy (non-hydrogen) atoms. The largest absolute Gasteiger partial charge is 0.508 e. The Morgan fingerprint density at radius 2 is 2.00 bits per heavy atom. The van der Waals surface area contributed by atoms with E-state index in [0.717, 1.165) is 12.0 Å². The van der Waals surface area contributed by atoms with Crippen molar-refractivity contribution in [3.8, 4) is 5.75 Å². The highest BCUT2D eigenvalue weighted by atomic mass is 16.4. The Balaban J connectivity index is 3.02. The van der Waals surface area contributed by atoms with E-state index in [2.05, 4.69) is 0 Å². The van der Waals surface area contributed by atoms with Crippen LogP contribution in [0.4, 0.5) is 0 Å². The van der Waals surface area contributed by atoms with E-state index < -0.39 is 7.12 Å². The Morgan fingerprint density at radius 3 is 2.42 bits per heavy atom. The fourth-order valence-electron chi connectivity index (χ4n) is 1.04. The van der Waals surface area contributed by atoms with Gasteiger partial charge in [-0.2, -0.15) is 0 Å². The molecule has 0 saturated heterocycles. The van der Waals surface area contributed by atoms with Crippen LogP contribution in [0.1, 0.15) is 12.5 Å². The van der Waals surface area contributed by atoms with Crippen molar-refractivity contribution >= 4 is 12.6 Å². The lowest BCUT2D eigenvalue weighted by atomic mass is 9.80. The van der Waals surface area contributed by atoms with Crippen molar-refractivity contribution in [3.63, 3.8) is 0 Å². The fraction of sp³-hybridized carbons (Fsp3) is 0.250. The Bertz CT molecular complexity index is 273. The molecule has 0 aliphatic carbocycles. The summed E-state index contributed by atoms with van der Waals surface area (Å²) in [5, 5.41) is 26.8. The van der Waals surface area contributed by atoms with E-state index in [4.69, 9.17) is 10.0 Å². The number of phenols is 1. The molecule has 0 amide bonds. The van der Waals surface area contributed by atoms with Gasteiger partial charge in [0, 0.05) is 0 Å². The number of hydrogen-bond donors (Lipinski definition) is 3. The fourth-order valence-corrected chi connectivity index (χ4v) is 1.04. The van der Waals surface area contributed by atoms with Gasteiger partial charge in [0.15, 0.2) is 0 Å². The smallest absolute Gasteiger partial charge is 0.488 e. The van der Waals surface area contributed by atoms with Gasteiger partial charge in [-0.05, 0) is 23.5 Å². The molecule has 0 unspecified atom stereocenters. The van der Waals surface area contributed by atoms with E-state index >= 15 is 0 Å². The molecule has 0 aliphatic rings. The van der Waals surface area contributed by atoms with Crippen molar-refractivity contribution < 1.29 is 15.2 Å². The van der Waals surface area contributed by atoms with Gasteiger partial charge < -0.3 is 15.2 Å². The topological polar surface area (TPSA) is 60.7 Å². The number of rotatable bonds is 2. The normalized spacial score (nSPS) is 9.92.